The summed E-state index contributed by atoms with van der Waals surface area (Å²) in [6, 6.07) is 8.94. The Morgan fingerprint density at radius 2 is 0.848 bits per heavy atom. The van der Waals surface area contributed by atoms with Gasteiger partial charge in [0.2, 0.25) is 0 Å². The fourth-order valence-electron chi connectivity index (χ4n) is 4.28. The van der Waals surface area contributed by atoms with Gasteiger partial charge in [-0.05, 0) is 12.1 Å². The summed E-state index contributed by atoms with van der Waals surface area (Å²) in [5.74, 6) is 0.00277. The summed E-state index contributed by atoms with van der Waals surface area (Å²) in [6.45, 7) is 0.0940. The van der Waals surface area contributed by atoms with Crippen molar-refractivity contribution >= 4 is 21.5 Å². The number of aromatic hydroxyl groups is 1. The lowest BCUT2D eigenvalue weighted by molar-refractivity contribution is 0.304. The first-order chi connectivity index (χ1) is 16.2. The van der Waals surface area contributed by atoms with E-state index in [0.717, 1.165) is 21.9 Å². The maximum atomic E-state index is 10.6. The summed E-state index contributed by atoms with van der Waals surface area (Å²) >= 11 is 0. The third kappa shape index (κ3) is 4.11. The van der Waals surface area contributed by atoms with E-state index in [0.29, 0.717) is 32.2 Å². The van der Waals surface area contributed by atoms with Crippen LogP contribution in [-0.2, 0) is 0 Å². The maximum Gasteiger partial charge on any atom is 0.116 e. The molecule has 0 radical (unpaired) electrons. The lowest BCUT2D eigenvalue weighted by Crippen LogP contribution is -2.35. The highest BCUT2D eigenvalue weighted by molar-refractivity contribution is 6.11. The number of phenols is 1. The average molecular weight is 450 g/mol. The average Bonchev–Trinajstić information content (AvgIpc) is 2.82. The minimum Gasteiger partial charge on any atom is -0.508 e. The SMILES string of the molecule is OCCN=c1c(=NCCO)c2cc(O)cc3c2-c2c1cccc2c(=NCCO)c3=NCCO. The zero-order valence-corrected chi connectivity index (χ0v) is 18.1. The molecule has 33 heavy (non-hydrogen) atoms. The van der Waals surface area contributed by atoms with E-state index < -0.39 is 0 Å². The second-order valence-electron chi connectivity index (χ2n) is 7.46. The zero-order valence-electron chi connectivity index (χ0n) is 18.1. The second kappa shape index (κ2) is 10.1. The molecule has 0 unspecified atom stereocenters. The van der Waals surface area contributed by atoms with Crippen LogP contribution in [0.1, 0.15) is 0 Å². The summed E-state index contributed by atoms with van der Waals surface area (Å²) < 4.78 is 0. The van der Waals surface area contributed by atoms with Crippen molar-refractivity contribution in [3.05, 3.63) is 51.8 Å². The normalized spacial score (nSPS) is 14.7. The van der Waals surface area contributed by atoms with Crippen molar-refractivity contribution in [3.8, 4) is 16.9 Å². The highest BCUT2D eigenvalue weighted by atomic mass is 16.3. The van der Waals surface area contributed by atoms with Crippen molar-refractivity contribution in [1.29, 1.82) is 0 Å². The first-order valence-electron chi connectivity index (χ1n) is 10.8. The Bertz CT molecular complexity index is 1380. The fraction of sp³-hybridized carbons (Fsp3) is 0.333. The molecule has 9 nitrogen and oxygen atoms in total. The molecule has 0 aromatic heterocycles. The van der Waals surface area contributed by atoms with Gasteiger partial charge in [0.25, 0.3) is 0 Å². The summed E-state index contributed by atoms with van der Waals surface area (Å²) in [4.78, 5) is 18.3. The number of aliphatic hydroxyl groups excluding tert-OH is 4. The van der Waals surface area contributed by atoms with Crippen LogP contribution >= 0.6 is 0 Å². The molecule has 0 aliphatic heterocycles. The Kier molecular flexibility index (Phi) is 7.05. The topological polar surface area (TPSA) is 151 Å². The van der Waals surface area contributed by atoms with E-state index in [9.17, 15) is 25.5 Å². The van der Waals surface area contributed by atoms with E-state index in [2.05, 4.69) is 20.0 Å². The molecule has 2 aromatic carbocycles. The highest BCUT2D eigenvalue weighted by Crippen LogP contribution is 2.36. The molecular weight excluding hydrogens is 424 g/mol. The van der Waals surface area contributed by atoms with Crippen molar-refractivity contribution in [1.82, 2.24) is 0 Å². The van der Waals surface area contributed by atoms with E-state index in [-0.39, 0.29) is 58.4 Å². The molecule has 5 N–H and O–H groups in total. The van der Waals surface area contributed by atoms with E-state index in [1.165, 1.54) is 0 Å². The van der Waals surface area contributed by atoms with Gasteiger partial charge < -0.3 is 25.5 Å². The molecule has 0 amide bonds. The van der Waals surface area contributed by atoms with Crippen LogP contribution < -0.4 is 21.4 Å². The molecule has 0 spiro atoms. The minimum absolute atomic E-state index is 0.00277. The predicted octanol–water partition coefficient (Wildman–Crippen LogP) is -1.31. The maximum absolute atomic E-state index is 10.6. The smallest absolute Gasteiger partial charge is 0.116 e. The molecule has 172 valence electrons. The number of rotatable bonds is 8. The van der Waals surface area contributed by atoms with E-state index >= 15 is 0 Å². The summed E-state index contributed by atoms with van der Waals surface area (Å²) in [6.07, 6.45) is 0. The number of benzene rings is 4. The van der Waals surface area contributed by atoms with Crippen LogP contribution in [0, 0.1) is 0 Å². The third-order valence-corrected chi connectivity index (χ3v) is 5.39. The van der Waals surface area contributed by atoms with E-state index in [4.69, 9.17) is 0 Å². The van der Waals surface area contributed by atoms with Crippen LogP contribution in [-0.4, -0.2) is 78.1 Å². The van der Waals surface area contributed by atoms with Crippen molar-refractivity contribution in [2.24, 2.45) is 20.0 Å². The van der Waals surface area contributed by atoms with Gasteiger partial charge in [0.1, 0.15) is 5.75 Å². The molecule has 9 heteroatoms. The first kappa shape index (κ1) is 22.9. The van der Waals surface area contributed by atoms with Crippen LogP contribution in [0.2, 0.25) is 0 Å². The summed E-state index contributed by atoms with van der Waals surface area (Å²) in [7, 11) is 0. The first-order valence-corrected chi connectivity index (χ1v) is 10.8. The molecule has 0 atom stereocenters. The fourth-order valence-corrected chi connectivity index (χ4v) is 4.28. The van der Waals surface area contributed by atoms with Crippen molar-refractivity contribution in [3.63, 3.8) is 0 Å². The molecular formula is C24H26N4O5. The van der Waals surface area contributed by atoms with Gasteiger partial charge in [-0.3, -0.25) is 20.0 Å². The summed E-state index contributed by atoms with van der Waals surface area (Å²) in [5, 5.41) is 53.3. The monoisotopic (exact) mass is 450 g/mol. The number of hydrogen-bond acceptors (Lipinski definition) is 9. The van der Waals surface area contributed by atoms with Gasteiger partial charge in [0, 0.05) is 32.7 Å². The zero-order chi connectivity index (χ0) is 23.4. The van der Waals surface area contributed by atoms with Crippen LogP contribution in [0.15, 0.2) is 50.3 Å². The lowest BCUT2D eigenvalue weighted by Gasteiger charge is -2.19. The molecule has 0 saturated carbocycles. The Hall–Kier alpha value is -3.24. The van der Waals surface area contributed by atoms with Gasteiger partial charge in [0.15, 0.2) is 0 Å². The Balaban J connectivity index is 2.40. The lowest BCUT2D eigenvalue weighted by atomic mass is 9.86. The Morgan fingerprint density at radius 1 is 0.515 bits per heavy atom. The van der Waals surface area contributed by atoms with Crippen molar-refractivity contribution in [2.45, 2.75) is 0 Å². The largest absolute Gasteiger partial charge is 0.508 e. The quantitative estimate of drug-likeness (QED) is 0.211. The number of aliphatic hydroxyl groups is 4. The van der Waals surface area contributed by atoms with Gasteiger partial charge in [-0.1, -0.05) is 18.2 Å². The summed E-state index contributed by atoms with van der Waals surface area (Å²) in [5.41, 5.74) is 1.68. The number of hydrogen-bond donors (Lipinski definition) is 5. The molecule has 0 bridgehead atoms. The Morgan fingerprint density at radius 3 is 1.21 bits per heavy atom. The Labute approximate surface area is 188 Å². The number of phenolic OH excluding ortho intramolecular Hbond substituents is 1. The molecule has 2 aromatic rings. The van der Waals surface area contributed by atoms with Crippen LogP contribution in [0.4, 0.5) is 0 Å². The molecule has 0 saturated heterocycles. The molecule has 4 rings (SSSR count). The molecule has 0 fully saturated rings. The second-order valence-corrected chi connectivity index (χ2v) is 7.46. The van der Waals surface area contributed by atoms with Gasteiger partial charge >= 0.3 is 0 Å². The molecule has 2 aliphatic carbocycles. The molecule has 2 aliphatic rings. The van der Waals surface area contributed by atoms with Gasteiger partial charge in [0.05, 0.1) is 74.0 Å². The van der Waals surface area contributed by atoms with Crippen LogP contribution in [0.25, 0.3) is 32.7 Å². The van der Waals surface area contributed by atoms with Crippen molar-refractivity contribution in [2.75, 3.05) is 52.6 Å². The van der Waals surface area contributed by atoms with Gasteiger partial charge in [-0.25, -0.2) is 0 Å². The van der Waals surface area contributed by atoms with E-state index in [1.807, 2.05) is 18.2 Å². The predicted molar refractivity (Wildman–Crippen MR) is 123 cm³/mol. The van der Waals surface area contributed by atoms with E-state index in [1.54, 1.807) is 12.1 Å². The van der Waals surface area contributed by atoms with Crippen LogP contribution in [0.3, 0.4) is 0 Å². The standard InChI is InChI=1S/C24H26N4O5/c29-8-4-25-21-15-2-1-3-16-19(15)20-17(23(21)27-6-10-31)12-14(33)13-18(20)24(28-7-11-32)22(16)26-5-9-30/h1-3,12-13,29-33H,4-11H2. The number of nitrogens with zero attached hydrogens (tertiary/aromatic N) is 4. The van der Waals surface area contributed by atoms with Gasteiger partial charge in [-0.15, -0.1) is 0 Å². The molecule has 0 heterocycles. The third-order valence-electron chi connectivity index (χ3n) is 5.39. The van der Waals surface area contributed by atoms with Crippen molar-refractivity contribution < 1.29 is 25.5 Å². The highest BCUT2D eigenvalue weighted by Gasteiger charge is 2.22. The van der Waals surface area contributed by atoms with Gasteiger partial charge in [-0.2, -0.15) is 0 Å². The van der Waals surface area contributed by atoms with Crippen LogP contribution in [0.5, 0.6) is 5.75 Å². The minimum atomic E-state index is -0.147.